The van der Waals surface area contributed by atoms with Crippen LogP contribution in [0.2, 0.25) is 0 Å². The summed E-state index contributed by atoms with van der Waals surface area (Å²) in [7, 11) is 0. The van der Waals surface area contributed by atoms with E-state index in [9.17, 15) is 4.79 Å². The number of carbonyl (C=O) groups excluding carboxylic acids is 1. The molecule has 2 aliphatic rings. The van der Waals surface area contributed by atoms with Gasteiger partial charge in [-0.05, 0) is 43.9 Å². The average molecular weight is 326 g/mol. The molecule has 0 unspecified atom stereocenters. The Balaban J connectivity index is 1.67. The summed E-state index contributed by atoms with van der Waals surface area (Å²) in [6.45, 7) is 7.10. The Labute approximate surface area is 141 Å². The van der Waals surface area contributed by atoms with Crippen LogP contribution in [-0.4, -0.2) is 47.0 Å². The molecule has 0 bridgehead atoms. The molecule has 126 valence electrons. The van der Waals surface area contributed by atoms with Gasteiger partial charge in [-0.25, -0.2) is 4.98 Å². The molecule has 6 heteroatoms. The van der Waals surface area contributed by atoms with Crippen molar-refractivity contribution in [1.29, 1.82) is 0 Å². The SMILES string of the molecule is Cc1cnc(N2CCOc3cc(C(=O)N4CCCC4)[nH]c32)cc1C. The van der Waals surface area contributed by atoms with Gasteiger partial charge in [0.05, 0.1) is 6.54 Å². The zero-order valence-corrected chi connectivity index (χ0v) is 14.1. The number of nitrogens with one attached hydrogen (secondary N) is 1. The van der Waals surface area contributed by atoms with E-state index < -0.39 is 0 Å². The summed E-state index contributed by atoms with van der Waals surface area (Å²) in [5.41, 5.74) is 2.97. The van der Waals surface area contributed by atoms with Crippen molar-refractivity contribution < 1.29 is 9.53 Å². The first kappa shape index (κ1) is 15.1. The number of likely N-dealkylation sites (tertiary alicyclic amines) is 1. The van der Waals surface area contributed by atoms with E-state index in [-0.39, 0.29) is 5.91 Å². The van der Waals surface area contributed by atoms with Crippen LogP contribution in [0.4, 0.5) is 11.6 Å². The molecule has 0 atom stereocenters. The molecule has 1 N–H and O–H groups in total. The van der Waals surface area contributed by atoms with Crippen LogP contribution in [0.5, 0.6) is 5.75 Å². The second kappa shape index (κ2) is 5.85. The van der Waals surface area contributed by atoms with E-state index in [1.165, 1.54) is 11.1 Å². The third-order valence-electron chi connectivity index (χ3n) is 4.86. The van der Waals surface area contributed by atoms with E-state index in [0.717, 1.165) is 43.3 Å². The highest BCUT2D eigenvalue weighted by molar-refractivity contribution is 5.94. The normalized spacial score (nSPS) is 16.9. The molecule has 6 nitrogen and oxygen atoms in total. The topological polar surface area (TPSA) is 61.5 Å². The lowest BCUT2D eigenvalue weighted by Gasteiger charge is -2.28. The number of nitrogens with zero attached hydrogens (tertiary/aromatic N) is 3. The van der Waals surface area contributed by atoms with Crippen molar-refractivity contribution >= 4 is 17.5 Å². The fourth-order valence-corrected chi connectivity index (χ4v) is 3.29. The molecule has 1 fully saturated rings. The number of fused-ring (bicyclic) bond motifs is 1. The van der Waals surface area contributed by atoms with Gasteiger partial charge in [0, 0.05) is 25.4 Å². The van der Waals surface area contributed by atoms with Crippen LogP contribution in [0.3, 0.4) is 0 Å². The molecule has 1 saturated heterocycles. The second-order valence-corrected chi connectivity index (χ2v) is 6.52. The highest BCUT2D eigenvalue weighted by Gasteiger charge is 2.28. The number of H-pyrrole nitrogens is 1. The van der Waals surface area contributed by atoms with Gasteiger partial charge < -0.3 is 19.5 Å². The molecule has 0 radical (unpaired) electrons. The number of aryl methyl sites for hydroxylation is 2. The Bertz CT molecular complexity index is 777. The number of hydrogen-bond acceptors (Lipinski definition) is 4. The van der Waals surface area contributed by atoms with Crippen molar-refractivity contribution in [1.82, 2.24) is 14.9 Å². The van der Waals surface area contributed by atoms with Gasteiger partial charge in [-0.15, -0.1) is 0 Å². The van der Waals surface area contributed by atoms with Crippen LogP contribution >= 0.6 is 0 Å². The molecule has 0 spiro atoms. The maximum atomic E-state index is 12.6. The highest BCUT2D eigenvalue weighted by atomic mass is 16.5. The lowest BCUT2D eigenvalue weighted by Crippen LogP contribution is -2.29. The number of aromatic nitrogens is 2. The largest absolute Gasteiger partial charge is 0.488 e. The first-order valence-corrected chi connectivity index (χ1v) is 8.49. The zero-order valence-electron chi connectivity index (χ0n) is 14.1. The number of aromatic amines is 1. The van der Waals surface area contributed by atoms with E-state index in [4.69, 9.17) is 4.74 Å². The molecule has 1 amide bonds. The molecule has 0 aliphatic carbocycles. The first-order chi connectivity index (χ1) is 11.6. The smallest absolute Gasteiger partial charge is 0.270 e. The summed E-state index contributed by atoms with van der Waals surface area (Å²) in [4.78, 5) is 24.4. The Morgan fingerprint density at radius 2 is 1.96 bits per heavy atom. The molecular formula is C18H22N4O2. The minimum atomic E-state index is 0.0542. The Morgan fingerprint density at radius 1 is 1.17 bits per heavy atom. The standard InChI is InChI=1S/C18H22N4O2/c1-12-9-16(19-11-13(12)2)22-7-8-24-15-10-14(20-17(15)22)18(23)21-5-3-4-6-21/h9-11,20H,3-8H2,1-2H3. The van der Waals surface area contributed by atoms with Crippen LogP contribution in [0, 0.1) is 13.8 Å². The highest BCUT2D eigenvalue weighted by Crippen LogP contribution is 2.36. The van der Waals surface area contributed by atoms with Gasteiger partial charge in [0.1, 0.15) is 18.1 Å². The van der Waals surface area contributed by atoms with Crippen molar-refractivity contribution in [2.75, 3.05) is 31.1 Å². The molecule has 4 rings (SSSR count). The summed E-state index contributed by atoms with van der Waals surface area (Å²) >= 11 is 0. The minimum absolute atomic E-state index is 0.0542. The molecule has 2 aromatic heterocycles. The number of pyridine rings is 1. The molecule has 0 aromatic carbocycles. The van der Waals surface area contributed by atoms with Crippen LogP contribution in [0.1, 0.15) is 34.5 Å². The van der Waals surface area contributed by atoms with Crippen molar-refractivity contribution in [3.05, 3.63) is 35.2 Å². The third-order valence-corrected chi connectivity index (χ3v) is 4.86. The molecular weight excluding hydrogens is 304 g/mol. The summed E-state index contributed by atoms with van der Waals surface area (Å²) in [5.74, 6) is 2.48. The van der Waals surface area contributed by atoms with Crippen molar-refractivity contribution in [2.45, 2.75) is 26.7 Å². The number of carbonyl (C=O) groups is 1. The fraction of sp³-hybridized carbons (Fsp3) is 0.444. The van der Waals surface area contributed by atoms with Gasteiger partial charge in [0.15, 0.2) is 11.6 Å². The van der Waals surface area contributed by atoms with Gasteiger partial charge in [-0.3, -0.25) is 4.79 Å². The predicted molar refractivity (Wildman–Crippen MR) is 92.1 cm³/mol. The lowest BCUT2D eigenvalue weighted by molar-refractivity contribution is 0.0787. The van der Waals surface area contributed by atoms with Crippen molar-refractivity contribution in [3.8, 4) is 5.75 Å². The van der Waals surface area contributed by atoms with E-state index in [2.05, 4.69) is 34.8 Å². The first-order valence-electron chi connectivity index (χ1n) is 8.49. The Kier molecular flexibility index (Phi) is 3.67. The van der Waals surface area contributed by atoms with Gasteiger partial charge in [-0.2, -0.15) is 0 Å². The monoisotopic (exact) mass is 326 g/mol. The Hall–Kier alpha value is -2.50. The van der Waals surface area contributed by atoms with Crippen molar-refractivity contribution in [2.24, 2.45) is 0 Å². The number of rotatable bonds is 2. The summed E-state index contributed by atoms with van der Waals surface area (Å²) in [6, 6.07) is 3.90. The average Bonchev–Trinajstić information content (AvgIpc) is 3.25. The summed E-state index contributed by atoms with van der Waals surface area (Å²) in [5, 5.41) is 0. The van der Waals surface area contributed by atoms with Gasteiger partial charge in [0.25, 0.3) is 5.91 Å². The summed E-state index contributed by atoms with van der Waals surface area (Å²) < 4.78 is 5.75. The second-order valence-electron chi connectivity index (χ2n) is 6.52. The zero-order chi connectivity index (χ0) is 16.7. The molecule has 4 heterocycles. The van der Waals surface area contributed by atoms with E-state index in [0.29, 0.717) is 18.8 Å². The molecule has 24 heavy (non-hydrogen) atoms. The number of hydrogen-bond donors (Lipinski definition) is 1. The maximum Gasteiger partial charge on any atom is 0.270 e. The third kappa shape index (κ3) is 2.52. The van der Waals surface area contributed by atoms with Crippen LogP contribution in [0.15, 0.2) is 18.3 Å². The molecule has 2 aliphatic heterocycles. The van der Waals surface area contributed by atoms with Crippen molar-refractivity contribution in [3.63, 3.8) is 0 Å². The summed E-state index contributed by atoms with van der Waals surface area (Å²) in [6.07, 6.45) is 4.06. The Morgan fingerprint density at radius 3 is 2.71 bits per heavy atom. The van der Waals surface area contributed by atoms with Crippen LogP contribution in [-0.2, 0) is 0 Å². The fourth-order valence-electron chi connectivity index (χ4n) is 3.29. The maximum absolute atomic E-state index is 12.6. The number of amides is 1. The number of anilines is 2. The van der Waals surface area contributed by atoms with Crippen LogP contribution in [0.25, 0.3) is 0 Å². The van der Waals surface area contributed by atoms with E-state index in [1.54, 1.807) is 0 Å². The lowest BCUT2D eigenvalue weighted by atomic mass is 10.2. The van der Waals surface area contributed by atoms with Gasteiger partial charge >= 0.3 is 0 Å². The minimum Gasteiger partial charge on any atom is -0.488 e. The number of ether oxygens (including phenoxy) is 1. The van der Waals surface area contributed by atoms with Gasteiger partial charge in [0.2, 0.25) is 0 Å². The van der Waals surface area contributed by atoms with E-state index >= 15 is 0 Å². The van der Waals surface area contributed by atoms with E-state index in [1.807, 2.05) is 17.2 Å². The molecule has 0 saturated carbocycles. The van der Waals surface area contributed by atoms with Crippen LogP contribution < -0.4 is 9.64 Å². The molecule has 2 aromatic rings. The van der Waals surface area contributed by atoms with Gasteiger partial charge in [-0.1, -0.05) is 0 Å². The quantitative estimate of drug-likeness (QED) is 0.922. The predicted octanol–water partition coefficient (Wildman–Crippen LogP) is 2.79.